The lowest BCUT2D eigenvalue weighted by Gasteiger charge is -2.20. The van der Waals surface area contributed by atoms with Gasteiger partial charge in [0.1, 0.15) is 0 Å². The molecule has 1 amide bonds. The van der Waals surface area contributed by atoms with E-state index in [0.717, 1.165) is 19.5 Å². The zero-order valence-corrected chi connectivity index (χ0v) is 11.2. The minimum absolute atomic E-state index is 0.0550. The fourth-order valence-corrected chi connectivity index (χ4v) is 2.67. The van der Waals surface area contributed by atoms with Gasteiger partial charge < -0.3 is 10.6 Å². The molecule has 18 heavy (non-hydrogen) atoms. The molecule has 1 aromatic rings. The van der Waals surface area contributed by atoms with Crippen LogP contribution in [-0.4, -0.2) is 30.4 Å². The first-order valence-electron chi connectivity index (χ1n) is 6.68. The van der Waals surface area contributed by atoms with Crippen molar-refractivity contribution in [2.75, 3.05) is 19.6 Å². The molecule has 1 fully saturated rings. The van der Waals surface area contributed by atoms with Crippen molar-refractivity contribution in [2.24, 2.45) is 11.7 Å². The molecule has 2 rings (SSSR count). The predicted molar refractivity (Wildman–Crippen MR) is 73.3 cm³/mol. The zero-order valence-electron chi connectivity index (χ0n) is 11.2. The Labute approximate surface area is 109 Å². The second-order valence-corrected chi connectivity index (χ2v) is 5.26. The van der Waals surface area contributed by atoms with Gasteiger partial charge in [-0.15, -0.1) is 0 Å². The monoisotopic (exact) mass is 246 g/mol. The molecule has 1 aliphatic rings. The molecule has 2 N–H and O–H groups in total. The molecule has 1 aliphatic heterocycles. The number of hydrogen-bond donors (Lipinski definition) is 1. The van der Waals surface area contributed by atoms with Crippen molar-refractivity contribution in [3.63, 3.8) is 0 Å². The largest absolute Gasteiger partial charge is 0.342 e. The number of carbonyl (C=O) groups excluding carboxylic acids is 1. The Morgan fingerprint density at radius 1 is 1.50 bits per heavy atom. The van der Waals surface area contributed by atoms with Crippen molar-refractivity contribution >= 4 is 5.91 Å². The summed E-state index contributed by atoms with van der Waals surface area (Å²) in [6.07, 6.45) is 1.06. The highest BCUT2D eigenvalue weighted by molar-refractivity contribution is 5.79. The molecule has 0 spiro atoms. The van der Waals surface area contributed by atoms with E-state index in [9.17, 15) is 4.79 Å². The van der Waals surface area contributed by atoms with E-state index in [0.29, 0.717) is 12.5 Å². The van der Waals surface area contributed by atoms with E-state index >= 15 is 0 Å². The Kier molecular flexibility index (Phi) is 4.02. The van der Waals surface area contributed by atoms with E-state index in [1.807, 2.05) is 11.8 Å². The number of nitrogens with zero attached hydrogens (tertiary/aromatic N) is 1. The first-order chi connectivity index (χ1) is 8.63. The van der Waals surface area contributed by atoms with Crippen LogP contribution in [0.5, 0.6) is 0 Å². The van der Waals surface area contributed by atoms with Crippen LogP contribution in [0.3, 0.4) is 0 Å². The number of likely N-dealkylation sites (tertiary alicyclic amines) is 1. The normalized spacial score (nSPS) is 21.1. The van der Waals surface area contributed by atoms with Crippen molar-refractivity contribution in [3.8, 4) is 0 Å². The summed E-state index contributed by atoms with van der Waals surface area (Å²) in [4.78, 5) is 14.1. The molecule has 3 heteroatoms. The quantitative estimate of drug-likeness (QED) is 0.885. The predicted octanol–water partition coefficient (Wildman–Crippen LogP) is 1.91. The number of amides is 1. The van der Waals surface area contributed by atoms with Crippen LogP contribution in [0.4, 0.5) is 0 Å². The lowest BCUT2D eigenvalue weighted by molar-refractivity contribution is -0.133. The Morgan fingerprint density at radius 2 is 2.22 bits per heavy atom. The summed E-state index contributed by atoms with van der Waals surface area (Å²) >= 11 is 0. The lowest BCUT2D eigenvalue weighted by atomic mass is 9.94. The van der Waals surface area contributed by atoms with Gasteiger partial charge in [-0.25, -0.2) is 0 Å². The van der Waals surface area contributed by atoms with Gasteiger partial charge in [0.25, 0.3) is 0 Å². The van der Waals surface area contributed by atoms with Gasteiger partial charge in [0.15, 0.2) is 0 Å². The van der Waals surface area contributed by atoms with Gasteiger partial charge in [-0.05, 0) is 24.5 Å². The summed E-state index contributed by atoms with van der Waals surface area (Å²) in [5, 5.41) is 0. The fraction of sp³-hybridized carbons (Fsp3) is 0.533. The number of aryl methyl sites for hydroxylation is 1. The highest BCUT2D eigenvalue weighted by Gasteiger charge is 2.29. The van der Waals surface area contributed by atoms with Crippen molar-refractivity contribution < 1.29 is 4.79 Å². The topological polar surface area (TPSA) is 46.3 Å². The van der Waals surface area contributed by atoms with Crippen LogP contribution in [0.25, 0.3) is 0 Å². The fourth-order valence-electron chi connectivity index (χ4n) is 2.67. The molecule has 0 saturated carbocycles. The number of hydrogen-bond acceptors (Lipinski definition) is 2. The smallest absolute Gasteiger partial charge is 0.226 e. The van der Waals surface area contributed by atoms with E-state index < -0.39 is 0 Å². The van der Waals surface area contributed by atoms with E-state index in [1.165, 1.54) is 11.1 Å². The maximum Gasteiger partial charge on any atom is 0.226 e. The van der Waals surface area contributed by atoms with Crippen molar-refractivity contribution in [1.82, 2.24) is 4.90 Å². The highest BCUT2D eigenvalue weighted by atomic mass is 16.2. The first kappa shape index (κ1) is 13.1. The SMILES string of the molecule is Cc1ccccc1C1CCN(C(=O)C(C)CN)C1. The molecule has 98 valence electrons. The molecule has 0 aliphatic carbocycles. The zero-order chi connectivity index (χ0) is 13.1. The standard InChI is InChI=1S/C15H22N2O/c1-11-5-3-4-6-14(11)13-7-8-17(10-13)15(18)12(2)9-16/h3-6,12-13H,7-10,16H2,1-2H3. The minimum Gasteiger partial charge on any atom is -0.342 e. The van der Waals surface area contributed by atoms with Gasteiger partial charge in [0.2, 0.25) is 5.91 Å². The number of rotatable bonds is 3. The van der Waals surface area contributed by atoms with Crippen LogP contribution in [0.1, 0.15) is 30.4 Å². The average Bonchev–Trinajstić information content (AvgIpc) is 2.87. The third-order valence-corrected chi connectivity index (χ3v) is 3.90. The molecule has 1 aromatic carbocycles. The summed E-state index contributed by atoms with van der Waals surface area (Å²) in [5.74, 6) is 0.634. The Bertz CT molecular complexity index is 430. The summed E-state index contributed by atoms with van der Waals surface area (Å²) < 4.78 is 0. The van der Waals surface area contributed by atoms with Crippen LogP contribution in [0.2, 0.25) is 0 Å². The van der Waals surface area contributed by atoms with E-state index in [1.54, 1.807) is 0 Å². The maximum atomic E-state index is 12.1. The molecule has 3 nitrogen and oxygen atoms in total. The summed E-state index contributed by atoms with van der Waals surface area (Å²) in [6, 6.07) is 8.46. The maximum absolute atomic E-state index is 12.1. The van der Waals surface area contributed by atoms with Gasteiger partial charge in [-0.3, -0.25) is 4.79 Å². The number of carbonyl (C=O) groups is 1. The average molecular weight is 246 g/mol. The summed E-state index contributed by atoms with van der Waals surface area (Å²) in [6.45, 7) is 6.19. The van der Waals surface area contributed by atoms with Crippen LogP contribution in [0, 0.1) is 12.8 Å². The number of nitrogens with two attached hydrogens (primary N) is 1. The summed E-state index contributed by atoms with van der Waals surface area (Å²) in [5.41, 5.74) is 8.27. The summed E-state index contributed by atoms with van der Waals surface area (Å²) in [7, 11) is 0. The van der Waals surface area contributed by atoms with Crippen LogP contribution >= 0.6 is 0 Å². The van der Waals surface area contributed by atoms with E-state index in [2.05, 4.69) is 31.2 Å². The molecule has 1 saturated heterocycles. The molecule has 0 aromatic heterocycles. The van der Waals surface area contributed by atoms with E-state index in [4.69, 9.17) is 5.73 Å². The molecule has 2 unspecified atom stereocenters. The highest BCUT2D eigenvalue weighted by Crippen LogP contribution is 2.29. The lowest BCUT2D eigenvalue weighted by Crippen LogP contribution is -2.36. The van der Waals surface area contributed by atoms with Gasteiger partial charge in [-0.1, -0.05) is 31.2 Å². The second kappa shape index (κ2) is 5.53. The van der Waals surface area contributed by atoms with Gasteiger partial charge in [-0.2, -0.15) is 0 Å². The van der Waals surface area contributed by atoms with Crippen molar-refractivity contribution in [2.45, 2.75) is 26.2 Å². The second-order valence-electron chi connectivity index (χ2n) is 5.26. The molecule has 2 atom stereocenters. The third-order valence-electron chi connectivity index (χ3n) is 3.90. The van der Waals surface area contributed by atoms with E-state index in [-0.39, 0.29) is 11.8 Å². The van der Waals surface area contributed by atoms with Crippen LogP contribution in [0.15, 0.2) is 24.3 Å². The molecular formula is C15H22N2O. The molecular weight excluding hydrogens is 224 g/mol. The Balaban J connectivity index is 2.05. The minimum atomic E-state index is -0.0550. The Hall–Kier alpha value is -1.35. The van der Waals surface area contributed by atoms with Crippen LogP contribution in [-0.2, 0) is 4.79 Å². The number of benzene rings is 1. The van der Waals surface area contributed by atoms with Crippen LogP contribution < -0.4 is 5.73 Å². The van der Waals surface area contributed by atoms with Gasteiger partial charge in [0.05, 0.1) is 0 Å². The molecule has 0 radical (unpaired) electrons. The Morgan fingerprint density at radius 3 is 2.89 bits per heavy atom. The van der Waals surface area contributed by atoms with Gasteiger partial charge in [0, 0.05) is 31.5 Å². The first-order valence-corrected chi connectivity index (χ1v) is 6.68. The molecule has 0 bridgehead atoms. The third kappa shape index (κ3) is 2.56. The van der Waals surface area contributed by atoms with Crippen molar-refractivity contribution in [1.29, 1.82) is 0 Å². The molecule has 1 heterocycles. The van der Waals surface area contributed by atoms with Crippen molar-refractivity contribution in [3.05, 3.63) is 35.4 Å². The van der Waals surface area contributed by atoms with Gasteiger partial charge >= 0.3 is 0 Å².